The molecule has 6 nitrogen and oxygen atoms in total. The lowest BCUT2D eigenvalue weighted by Crippen LogP contribution is -2.46. The molecule has 0 heterocycles. The molecular formula is C14H19FN2O4. The van der Waals surface area contributed by atoms with E-state index < -0.39 is 18.0 Å². The lowest BCUT2D eigenvalue weighted by molar-refractivity contribution is -0.139. The van der Waals surface area contributed by atoms with Gasteiger partial charge in [0.2, 0.25) is 0 Å². The fourth-order valence-electron chi connectivity index (χ4n) is 1.73. The van der Waals surface area contributed by atoms with Crippen molar-refractivity contribution >= 4 is 12.0 Å². The van der Waals surface area contributed by atoms with E-state index in [0.29, 0.717) is 5.56 Å². The average Bonchev–Trinajstić information content (AvgIpc) is 2.42. The van der Waals surface area contributed by atoms with E-state index in [4.69, 9.17) is 9.84 Å². The van der Waals surface area contributed by atoms with Crippen molar-refractivity contribution in [3.05, 3.63) is 35.6 Å². The van der Waals surface area contributed by atoms with Crippen molar-refractivity contribution in [1.82, 2.24) is 10.2 Å². The maximum Gasteiger partial charge on any atom is 0.326 e. The maximum absolute atomic E-state index is 13.1. The Morgan fingerprint density at radius 1 is 1.48 bits per heavy atom. The Kier molecular flexibility index (Phi) is 6.61. The van der Waals surface area contributed by atoms with Crippen molar-refractivity contribution in [2.24, 2.45) is 0 Å². The van der Waals surface area contributed by atoms with Gasteiger partial charge in [-0.25, -0.2) is 14.0 Å². The molecule has 7 heteroatoms. The smallest absolute Gasteiger partial charge is 0.326 e. The molecule has 0 aromatic heterocycles. The van der Waals surface area contributed by atoms with E-state index in [1.807, 2.05) is 0 Å². The van der Waals surface area contributed by atoms with Crippen molar-refractivity contribution in [3.63, 3.8) is 0 Å². The fourth-order valence-corrected chi connectivity index (χ4v) is 1.73. The molecule has 1 unspecified atom stereocenters. The first-order chi connectivity index (χ1) is 9.93. The van der Waals surface area contributed by atoms with Gasteiger partial charge in [-0.05, 0) is 17.7 Å². The van der Waals surface area contributed by atoms with E-state index in [1.54, 1.807) is 12.1 Å². The molecule has 116 valence electrons. The number of urea groups is 1. The molecule has 0 radical (unpaired) electrons. The van der Waals surface area contributed by atoms with Gasteiger partial charge in [0.25, 0.3) is 0 Å². The second-order valence-electron chi connectivity index (χ2n) is 4.61. The maximum atomic E-state index is 13.1. The summed E-state index contributed by atoms with van der Waals surface area (Å²) in [5.74, 6) is -1.51. The number of halogens is 1. The standard InChI is InChI=1S/C14H19FN2O4/c1-17(9-10-4-3-5-11(15)8-10)14(20)16-12(13(18)19)6-7-21-2/h3-5,8,12H,6-7,9H2,1-2H3,(H,16,20)(H,18,19). The number of nitrogens with one attached hydrogen (secondary N) is 1. The van der Waals surface area contributed by atoms with Gasteiger partial charge >= 0.3 is 12.0 Å². The van der Waals surface area contributed by atoms with Crippen LogP contribution in [0.4, 0.5) is 9.18 Å². The molecule has 0 aliphatic rings. The van der Waals surface area contributed by atoms with Crippen molar-refractivity contribution in [1.29, 1.82) is 0 Å². The largest absolute Gasteiger partial charge is 0.480 e. The SMILES string of the molecule is COCCC(NC(=O)N(C)Cc1cccc(F)c1)C(=O)O. The summed E-state index contributed by atoms with van der Waals surface area (Å²) in [5.41, 5.74) is 0.622. The van der Waals surface area contributed by atoms with Crippen LogP contribution in [0.2, 0.25) is 0 Å². The van der Waals surface area contributed by atoms with Crippen LogP contribution >= 0.6 is 0 Å². The third-order valence-corrected chi connectivity index (χ3v) is 2.86. The molecule has 0 aliphatic heterocycles. The van der Waals surface area contributed by atoms with Gasteiger partial charge in [-0.15, -0.1) is 0 Å². The molecule has 1 aromatic rings. The van der Waals surface area contributed by atoms with Crippen LogP contribution < -0.4 is 5.32 Å². The van der Waals surface area contributed by atoms with Gasteiger partial charge in [-0.2, -0.15) is 0 Å². The van der Waals surface area contributed by atoms with Crippen LogP contribution in [0.5, 0.6) is 0 Å². The molecule has 1 aromatic carbocycles. The molecule has 1 atom stereocenters. The minimum atomic E-state index is -1.13. The molecule has 0 saturated carbocycles. The highest BCUT2D eigenvalue weighted by Gasteiger charge is 2.21. The Balaban J connectivity index is 2.58. The Bertz CT molecular complexity index is 496. The third kappa shape index (κ3) is 5.78. The van der Waals surface area contributed by atoms with Crippen molar-refractivity contribution in [2.45, 2.75) is 19.0 Å². The van der Waals surface area contributed by atoms with E-state index in [0.717, 1.165) is 0 Å². The monoisotopic (exact) mass is 298 g/mol. The number of hydrogen-bond acceptors (Lipinski definition) is 3. The average molecular weight is 298 g/mol. The summed E-state index contributed by atoms with van der Waals surface area (Å²) in [6, 6.07) is 4.31. The van der Waals surface area contributed by atoms with Gasteiger partial charge in [0.05, 0.1) is 0 Å². The zero-order valence-corrected chi connectivity index (χ0v) is 12.0. The number of methoxy groups -OCH3 is 1. The van der Waals surface area contributed by atoms with Crippen LogP contribution in [-0.2, 0) is 16.1 Å². The first kappa shape index (κ1) is 16.9. The molecule has 21 heavy (non-hydrogen) atoms. The van der Waals surface area contributed by atoms with Gasteiger partial charge in [-0.1, -0.05) is 12.1 Å². The van der Waals surface area contributed by atoms with E-state index in [-0.39, 0.29) is 25.4 Å². The molecule has 0 saturated heterocycles. The third-order valence-electron chi connectivity index (χ3n) is 2.86. The van der Waals surface area contributed by atoms with Crippen LogP contribution in [0.3, 0.4) is 0 Å². The van der Waals surface area contributed by atoms with E-state index >= 15 is 0 Å². The number of aliphatic carboxylic acids is 1. The second kappa shape index (κ2) is 8.21. The highest BCUT2D eigenvalue weighted by Crippen LogP contribution is 2.06. The van der Waals surface area contributed by atoms with Crippen molar-refractivity contribution < 1.29 is 23.8 Å². The van der Waals surface area contributed by atoms with E-state index in [2.05, 4.69) is 5.32 Å². The Morgan fingerprint density at radius 3 is 2.76 bits per heavy atom. The second-order valence-corrected chi connectivity index (χ2v) is 4.61. The molecule has 2 N–H and O–H groups in total. The molecular weight excluding hydrogens is 279 g/mol. The van der Waals surface area contributed by atoms with Gasteiger partial charge < -0.3 is 20.1 Å². The summed E-state index contributed by atoms with van der Waals surface area (Å²) in [5, 5.41) is 11.4. The summed E-state index contributed by atoms with van der Waals surface area (Å²) in [6.07, 6.45) is 0.172. The zero-order chi connectivity index (χ0) is 15.8. The molecule has 0 bridgehead atoms. The normalized spacial score (nSPS) is 11.8. The topological polar surface area (TPSA) is 78.9 Å². The molecule has 0 aliphatic carbocycles. The predicted octanol–water partition coefficient (Wildman–Crippen LogP) is 1.46. The Morgan fingerprint density at radius 2 is 2.19 bits per heavy atom. The van der Waals surface area contributed by atoms with Crippen LogP contribution in [0, 0.1) is 5.82 Å². The summed E-state index contributed by atoms with van der Waals surface area (Å²) >= 11 is 0. The molecule has 0 fully saturated rings. The number of benzene rings is 1. The summed E-state index contributed by atoms with van der Waals surface area (Å²) in [4.78, 5) is 24.2. The quantitative estimate of drug-likeness (QED) is 0.798. The highest BCUT2D eigenvalue weighted by atomic mass is 19.1. The number of ether oxygens (including phenoxy) is 1. The summed E-state index contributed by atoms with van der Waals surface area (Å²) < 4.78 is 17.9. The number of rotatable bonds is 7. The van der Waals surface area contributed by atoms with Crippen LogP contribution in [0.25, 0.3) is 0 Å². The number of carboxylic acid groups (broad SMARTS) is 1. The summed E-state index contributed by atoms with van der Waals surface area (Å²) in [7, 11) is 2.96. The molecule has 2 amide bonds. The van der Waals surface area contributed by atoms with Crippen LogP contribution in [0.15, 0.2) is 24.3 Å². The minimum Gasteiger partial charge on any atom is -0.480 e. The van der Waals surface area contributed by atoms with Crippen LogP contribution in [0.1, 0.15) is 12.0 Å². The number of hydrogen-bond donors (Lipinski definition) is 2. The van der Waals surface area contributed by atoms with E-state index in [1.165, 1.54) is 31.2 Å². The van der Waals surface area contributed by atoms with Gasteiger partial charge in [0.15, 0.2) is 0 Å². The molecule has 0 spiro atoms. The zero-order valence-electron chi connectivity index (χ0n) is 12.0. The van der Waals surface area contributed by atoms with Crippen LogP contribution in [-0.4, -0.2) is 48.8 Å². The number of carboxylic acids is 1. The van der Waals surface area contributed by atoms with Crippen molar-refractivity contribution in [3.8, 4) is 0 Å². The number of amides is 2. The van der Waals surface area contributed by atoms with Gasteiger partial charge in [-0.3, -0.25) is 0 Å². The number of nitrogens with zero attached hydrogens (tertiary/aromatic N) is 1. The number of carbonyl (C=O) groups excluding carboxylic acids is 1. The highest BCUT2D eigenvalue weighted by molar-refractivity contribution is 5.82. The Labute approximate surface area is 122 Å². The minimum absolute atomic E-state index is 0.172. The first-order valence-electron chi connectivity index (χ1n) is 6.42. The summed E-state index contributed by atoms with van der Waals surface area (Å²) in [6.45, 7) is 0.408. The lowest BCUT2D eigenvalue weighted by Gasteiger charge is -2.21. The van der Waals surface area contributed by atoms with Gasteiger partial charge in [0, 0.05) is 33.7 Å². The Hall–Kier alpha value is -2.15. The van der Waals surface area contributed by atoms with Gasteiger partial charge in [0.1, 0.15) is 11.9 Å². The lowest BCUT2D eigenvalue weighted by atomic mass is 10.2. The predicted molar refractivity (Wildman–Crippen MR) is 74.3 cm³/mol. The van der Waals surface area contributed by atoms with Crippen molar-refractivity contribution in [2.75, 3.05) is 20.8 Å². The first-order valence-corrected chi connectivity index (χ1v) is 6.42. The number of carbonyl (C=O) groups is 2. The van der Waals surface area contributed by atoms with E-state index in [9.17, 15) is 14.0 Å². The molecule has 1 rings (SSSR count). The fraction of sp³-hybridized carbons (Fsp3) is 0.429.